The van der Waals surface area contributed by atoms with Gasteiger partial charge in [0.15, 0.2) is 0 Å². The highest BCUT2D eigenvalue weighted by atomic mass is 19.1. The molecule has 0 aliphatic rings. The number of aryl methyl sites for hydroxylation is 2. The molecule has 0 fully saturated rings. The number of hydrogen-bond donors (Lipinski definition) is 2. The molecule has 0 radical (unpaired) electrons. The van der Waals surface area contributed by atoms with E-state index in [2.05, 4.69) is 9.97 Å². The van der Waals surface area contributed by atoms with Crippen molar-refractivity contribution in [1.29, 1.82) is 0 Å². The standard InChI is InChI=1S/C13H15FN2O/c1-8-7-10(3-4-11(8)14)13-9(2)15-12(16-13)5-6-17/h3-4,7,17H,5-6H2,1-2H3,(H,15,16). The topological polar surface area (TPSA) is 48.9 Å². The fourth-order valence-corrected chi connectivity index (χ4v) is 1.82. The molecular formula is C13H15FN2O. The highest BCUT2D eigenvalue weighted by Gasteiger charge is 2.09. The number of aliphatic hydroxyl groups excluding tert-OH is 1. The Bertz CT molecular complexity index is 534. The van der Waals surface area contributed by atoms with Gasteiger partial charge >= 0.3 is 0 Å². The van der Waals surface area contributed by atoms with Gasteiger partial charge in [-0.15, -0.1) is 0 Å². The highest BCUT2D eigenvalue weighted by molar-refractivity contribution is 5.62. The number of aromatic amines is 1. The number of aliphatic hydroxyl groups is 1. The third-order valence-corrected chi connectivity index (χ3v) is 2.71. The number of hydrogen-bond acceptors (Lipinski definition) is 2. The zero-order valence-corrected chi connectivity index (χ0v) is 9.92. The van der Waals surface area contributed by atoms with Crippen LogP contribution in [0.15, 0.2) is 18.2 Å². The van der Waals surface area contributed by atoms with Crippen LogP contribution in [0.1, 0.15) is 17.1 Å². The summed E-state index contributed by atoms with van der Waals surface area (Å²) in [5, 5.41) is 8.86. The van der Waals surface area contributed by atoms with Gasteiger partial charge in [0.25, 0.3) is 0 Å². The van der Waals surface area contributed by atoms with Crippen molar-refractivity contribution < 1.29 is 9.50 Å². The Morgan fingerprint density at radius 2 is 2.12 bits per heavy atom. The normalized spacial score (nSPS) is 10.8. The number of imidazole rings is 1. The molecule has 1 heterocycles. The van der Waals surface area contributed by atoms with Gasteiger partial charge in [-0.3, -0.25) is 0 Å². The van der Waals surface area contributed by atoms with Crippen LogP contribution in [-0.4, -0.2) is 21.7 Å². The van der Waals surface area contributed by atoms with Crippen molar-refractivity contribution in [2.75, 3.05) is 6.61 Å². The third kappa shape index (κ3) is 2.36. The van der Waals surface area contributed by atoms with Gasteiger partial charge in [0.2, 0.25) is 0 Å². The van der Waals surface area contributed by atoms with Gasteiger partial charge in [0, 0.05) is 17.7 Å². The Balaban J connectivity index is 2.41. The van der Waals surface area contributed by atoms with Gasteiger partial charge in [-0.05, 0) is 37.6 Å². The molecule has 3 nitrogen and oxygen atoms in total. The Labute approximate surface area is 99.3 Å². The predicted octanol–water partition coefficient (Wildman–Crippen LogP) is 2.37. The number of nitrogens with one attached hydrogen (secondary N) is 1. The summed E-state index contributed by atoms with van der Waals surface area (Å²) in [7, 11) is 0. The molecule has 0 saturated heterocycles. The zero-order valence-electron chi connectivity index (χ0n) is 9.92. The summed E-state index contributed by atoms with van der Waals surface area (Å²) in [6.07, 6.45) is 0.501. The van der Waals surface area contributed by atoms with E-state index in [-0.39, 0.29) is 12.4 Å². The lowest BCUT2D eigenvalue weighted by molar-refractivity contribution is 0.297. The van der Waals surface area contributed by atoms with E-state index in [0.29, 0.717) is 12.0 Å². The average molecular weight is 234 g/mol. The van der Waals surface area contributed by atoms with Gasteiger partial charge in [-0.2, -0.15) is 0 Å². The molecule has 2 N–H and O–H groups in total. The van der Waals surface area contributed by atoms with Gasteiger partial charge < -0.3 is 10.1 Å². The number of aromatic nitrogens is 2. The molecule has 4 heteroatoms. The van der Waals surface area contributed by atoms with Crippen LogP contribution < -0.4 is 0 Å². The SMILES string of the molecule is Cc1cc(-c2nc(CCO)[nH]c2C)ccc1F. The van der Waals surface area contributed by atoms with Gasteiger partial charge in [0.1, 0.15) is 11.6 Å². The summed E-state index contributed by atoms with van der Waals surface area (Å²) in [4.78, 5) is 7.52. The van der Waals surface area contributed by atoms with E-state index in [1.54, 1.807) is 19.1 Å². The molecule has 2 rings (SSSR count). The van der Waals surface area contributed by atoms with E-state index in [4.69, 9.17) is 5.11 Å². The van der Waals surface area contributed by atoms with Crippen molar-refractivity contribution in [3.63, 3.8) is 0 Å². The maximum absolute atomic E-state index is 13.2. The lowest BCUT2D eigenvalue weighted by Crippen LogP contribution is -1.92. The molecule has 1 aromatic heterocycles. The maximum Gasteiger partial charge on any atom is 0.126 e. The van der Waals surface area contributed by atoms with Crippen molar-refractivity contribution in [2.45, 2.75) is 20.3 Å². The van der Waals surface area contributed by atoms with Crippen LogP contribution in [0.3, 0.4) is 0 Å². The van der Waals surface area contributed by atoms with E-state index < -0.39 is 0 Å². The van der Waals surface area contributed by atoms with Gasteiger partial charge in [-0.25, -0.2) is 9.37 Å². The molecule has 1 aromatic carbocycles. The largest absolute Gasteiger partial charge is 0.396 e. The molecule has 17 heavy (non-hydrogen) atoms. The molecular weight excluding hydrogens is 219 g/mol. The van der Waals surface area contributed by atoms with Crippen molar-refractivity contribution >= 4 is 0 Å². The summed E-state index contributed by atoms with van der Waals surface area (Å²) in [6, 6.07) is 4.94. The highest BCUT2D eigenvalue weighted by Crippen LogP contribution is 2.23. The zero-order chi connectivity index (χ0) is 12.4. The molecule has 0 amide bonds. The number of nitrogens with zero attached hydrogens (tertiary/aromatic N) is 1. The quantitative estimate of drug-likeness (QED) is 0.856. The van der Waals surface area contributed by atoms with Gasteiger partial charge in [0.05, 0.1) is 12.3 Å². The lowest BCUT2D eigenvalue weighted by Gasteiger charge is -2.01. The lowest BCUT2D eigenvalue weighted by atomic mass is 10.1. The van der Waals surface area contributed by atoms with E-state index >= 15 is 0 Å². The van der Waals surface area contributed by atoms with Gasteiger partial charge in [-0.1, -0.05) is 0 Å². The summed E-state index contributed by atoms with van der Waals surface area (Å²) in [6.45, 7) is 3.71. The summed E-state index contributed by atoms with van der Waals surface area (Å²) >= 11 is 0. The summed E-state index contributed by atoms with van der Waals surface area (Å²) in [5.74, 6) is 0.541. The minimum Gasteiger partial charge on any atom is -0.396 e. The average Bonchev–Trinajstić information content (AvgIpc) is 2.64. The third-order valence-electron chi connectivity index (χ3n) is 2.71. The molecule has 0 bridgehead atoms. The van der Waals surface area contributed by atoms with E-state index in [0.717, 1.165) is 22.8 Å². The molecule has 0 aliphatic carbocycles. The number of halogens is 1. The summed E-state index contributed by atoms with van der Waals surface area (Å²) < 4.78 is 13.2. The maximum atomic E-state index is 13.2. The fraction of sp³-hybridized carbons (Fsp3) is 0.308. The minimum absolute atomic E-state index is 0.0643. The van der Waals surface area contributed by atoms with Crippen molar-refractivity contribution in [1.82, 2.24) is 9.97 Å². The Morgan fingerprint density at radius 3 is 2.76 bits per heavy atom. The number of benzene rings is 1. The van der Waals surface area contributed by atoms with Crippen molar-refractivity contribution in [2.24, 2.45) is 0 Å². The van der Waals surface area contributed by atoms with Crippen molar-refractivity contribution in [3.05, 3.63) is 41.1 Å². The second kappa shape index (κ2) is 4.67. The smallest absolute Gasteiger partial charge is 0.126 e. The first-order valence-electron chi connectivity index (χ1n) is 5.54. The van der Waals surface area contributed by atoms with Crippen LogP contribution in [0.25, 0.3) is 11.3 Å². The second-order valence-corrected chi connectivity index (χ2v) is 4.09. The first-order chi connectivity index (χ1) is 8.11. The number of H-pyrrole nitrogens is 1. The first kappa shape index (κ1) is 11.8. The van der Waals surface area contributed by atoms with Crippen LogP contribution in [0.4, 0.5) is 4.39 Å². The second-order valence-electron chi connectivity index (χ2n) is 4.09. The molecule has 0 unspecified atom stereocenters. The van der Waals surface area contributed by atoms with Crippen molar-refractivity contribution in [3.8, 4) is 11.3 Å². The van der Waals surface area contributed by atoms with Crippen LogP contribution in [0.5, 0.6) is 0 Å². The minimum atomic E-state index is -0.211. The van der Waals surface area contributed by atoms with Crippen LogP contribution in [0.2, 0.25) is 0 Å². The Morgan fingerprint density at radius 1 is 1.35 bits per heavy atom. The molecule has 0 spiro atoms. The first-order valence-corrected chi connectivity index (χ1v) is 5.54. The Kier molecular flexibility index (Phi) is 3.24. The van der Waals surface area contributed by atoms with E-state index in [9.17, 15) is 4.39 Å². The summed E-state index contributed by atoms with van der Waals surface area (Å²) in [5.41, 5.74) is 3.24. The molecule has 90 valence electrons. The van der Waals surface area contributed by atoms with E-state index in [1.807, 2.05) is 6.92 Å². The number of rotatable bonds is 3. The molecule has 0 aliphatic heterocycles. The van der Waals surface area contributed by atoms with Crippen LogP contribution in [-0.2, 0) is 6.42 Å². The molecule has 0 atom stereocenters. The Hall–Kier alpha value is -1.68. The fourth-order valence-electron chi connectivity index (χ4n) is 1.82. The van der Waals surface area contributed by atoms with Crippen LogP contribution in [0, 0.1) is 19.7 Å². The van der Waals surface area contributed by atoms with E-state index in [1.165, 1.54) is 6.07 Å². The molecule has 0 saturated carbocycles. The monoisotopic (exact) mass is 234 g/mol. The molecule has 2 aromatic rings. The predicted molar refractivity (Wildman–Crippen MR) is 64.2 cm³/mol. The van der Waals surface area contributed by atoms with Crippen LogP contribution >= 0.6 is 0 Å².